The third-order valence-corrected chi connectivity index (χ3v) is 14.1. The predicted octanol–water partition coefficient (Wildman–Crippen LogP) is 16.1. The molecule has 2 nitrogen and oxygen atoms in total. The van der Waals surface area contributed by atoms with Crippen LogP contribution in [0.4, 0.5) is 17.1 Å². The average Bonchev–Trinajstić information content (AvgIpc) is 3.85. The topological polar surface area (TPSA) is 8.17 Å². The Hall–Kier alpha value is -8.20. The Morgan fingerprint density at radius 1 is 0.333 bits per heavy atom. The van der Waals surface area contributed by atoms with Gasteiger partial charge in [0.25, 0.3) is 0 Å². The van der Waals surface area contributed by atoms with Crippen molar-refractivity contribution in [3.05, 3.63) is 253 Å². The largest absolute Gasteiger partial charge is 0.309 e. The minimum atomic E-state index is -0.477. The fraction of sp³-hybridized carbons (Fsp3) is 0.0164. The Bertz CT molecular complexity index is 3880. The fourth-order valence-electron chi connectivity index (χ4n) is 11.6. The highest BCUT2D eigenvalue weighted by molar-refractivity contribution is 6.16. The van der Waals surface area contributed by atoms with Crippen molar-refractivity contribution in [3.63, 3.8) is 0 Å². The van der Waals surface area contributed by atoms with E-state index in [4.69, 9.17) is 0 Å². The first-order valence-electron chi connectivity index (χ1n) is 21.9. The van der Waals surface area contributed by atoms with E-state index in [0.29, 0.717) is 0 Å². The molecule has 2 aliphatic rings. The predicted molar refractivity (Wildman–Crippen MR) is 264 cm³/mol. The summed E-state index contributed by atoms with van der Waals surface area (Å²) in [7, 11) is 0. The summed E-state index contributed by atoms with van der Waals surface area (Å²) < 4.78 is 2.52. The number of aromatic nitrogens is 1. The molecule has 0 amide bonds. The van der Waals surface area contributed by atoms with E-state index in [-0.39, 0.29) is 0 Å². The monoisotopic (exact) mass is 798 g/mol. The van der Waals surface area contributed by atoms with Crippen LogP contribution in [0.25, 0.3) is 82.1 Å². The number of benzene rings is 11. The lowest BCUT2D eigenvalue weighted by atomic mass is 9.65. The van der Waals surface area contributed by atoms with Gasteiger partial charge in [-0.25, -0.2) is 0 Å². The van der Waals surface area contributed by atoms with E-state index in [1.807, 2.05) is 0 Å². The van der Waals surface area contributed by atoms with Crippen molar-refractivity contribution in [2.75, 3.05) is 4.90 Å². The van der Waals surface area contributed by atoms with Gasteiger partial charge in [-0.15, -0.1) is 0 Å². The molecule has 1 aliphatic heterocycles. The third-order valence-electron chi connectivity index (χ3n) is 14.1. The van der Waals surface area contributed by atoms with Crippen molar-refractivity contribution in [2.45, 2.75) is 5.41 Å². The quantitative estimate of drug-likeness (QED) is 0.161. The van der Waals surface area contributed by atoms with Crippen LogP contribution in [0.15, 0.2) is 231 Å². The third kappa shape index (κ3) is 4.62. The second kappa shape index (κ2) is 12.9. The van der Waals surface area contributed by atoms with Gasteiger partial charge in [-0.05, 0) is 109 Å². The zero-order valence-corrected chi connectivity index (χ0v) is 34.3. The molecular weight excluding hydrogens is 761 g/mol. The van der Waals surface area contributed by atoms with Crippen LogP contribution in [-0.2, 0) is 5.41 Å². The molecule has 1 unspecified atom stereocenters. The molecule has 0 N–H and O–H groups in total. The van der Waals surface area contributed by atoms with Gasteiger partial charge in [-0.3, -0.25) is 0 Å². The number of hydrogen-bond donors (Lipinski definition) is 0. The summed E-state index contributed by atoms with van der Waals surface area (Å²) >= 11 is 0. The molecule has 1 atom stereocenters. The van der Waals surface area contributed by atoms with Crippen LogP contribution >= 0.6 is 0 Å². The van der Waals surface area contributed by atoms with Crippen molar-refractivity contribution in [3.8, 4) is 27.9 Å². The maximum atomic E-state index is 2.52. The lowest BCUT2D eigenvalue weighted by molar-refractivity contribution is 0.748. The first kappa shape index (κ1) is 34.5. The second-order valence-corrected chi connectivity index (χ2v) is 17.2. The number of rotatable bonds is 4. The molecule has 2 heterocycles. The highest BCUT2D eigenvalue weighted by Crippen LogP contribution is 2.61. The Labute approximate surface area is 365 Å². The van der Waals surface area contributed by atoms with Gasteiger partial charge < -0.3 is 9.47 Å². The summed E-state index contributed by atoms with van der Waals surface area (Å²) in [6, 6.07) is 85.9. The highest BCUT2D eigenvalue weighted by atomic mass is 15.1. The molecule has 11 aromatic carbocycles. The van der Waals surface area contributed by atoms with E-state index < -0.39 is 5.41 Å². The van der Waals surface area contributed by atoms with Crippen LogP contribution in [-0.4, -0.2) is 4.57 Å². The summed E-state index contributed by atoms with van der Waals surface area (Å²) in [5, 5.41) is 9.96. The van der Waals surface area contributed by atoms with Crippen molar-refractivity contribution < 1.29 is 0 Å². The zero-order chi connectivity index (χ0) is 41.2. The number of anilines is 3. The van der Waals surface area contributed by atoms with Crippen LogP contribution in [0.1, 0.15) is 22.3 Å². The number of fused-ring (bicyclic) bond motifs is 16. The van der Waals surface area contributed by atoms with Crippen molar-refractivity contribution in [1.29, 1.82) is 0 Å². The molecule has 2 heteroatoms. The Morgan fingerprint density at radius 2 is 0.952 bits per heavy atom. The van der Waals surface area contributed by atoms with Crippen LogP contribution in [0, 0.1) is 0 Å². The molecule has 1 aromatic heterocycles. The summed E-state index contributed by atoms with van der Waals surface area (Å²) in [5.41, 5.74) is 17.0. The molecule has 0 radical (unpaired) electrons. The zero-order valence-electron chi connectivity index (χ0n) is 34.3. The maximum Gasteiger partial charge on any atom is 0.0754 e. The standard InChI is InChI=1S/C61H38N2/c1-4-22-45-39(16-1)18-14-33-56(45)62(59-38-42-17-2-3-21-44(42)46-23-5-6-25-48(46)59)43-20-13-19-40(36-43)41-34-35-53-51(37-41)47-24-7-9-28-52(47)61(53)54-29-10-12-32-58(54)63-57-31-11-8-26-49(57)50-27-15-30-55(61)60(50)63/h1-38H. The second-order valence-electron chi connectivity index (χ2n) is 17.2. The minimum absolute atomic E-state index is 0.477. The van der Waals surface area contributed by atoms with E-state index in [1.165, 1.54) is 104 Å². The van der Waals surface area contributed by atoms with Crippen LogP contribution in [0.5, 0.6) is 0 Å². The number of hydrogen-bond acceptors (Lipinski definition) is 1. The van der Waals surface area contributed by atoms with Gasteiger partial charge in [-0.2, -0.15) is 0 Å². The molecule has 12 aromatic rings. The molecule has 63 heavy (non-hydrogen) atoms. The average molecular weight is 799 g/mol. The molecule has 292 valence electrons. The van der Waals surface area contributed by atoms with Crippen LogP contribution in [0.3, 0.4) is 0 Å². The van der Waals surface area contributed by atoms with Gasteiger partial charge >= 0.3 is 0 Å². The molecule has 0 saturated carbocycles. The number of nitrogens with zero attached hydrogens (tertiary/aromatic N) is 2. The summed E-state index contributed by atoms with van der Waals surface area (Å²) in [6.45, 7) is 0. The Morgan fingerprint density at radius 3 is 1.86 bits per heavy atom. The minimum Gasteiger partial charge on any atom is -0.309 e. The van der Waals surface area contributed by atoms with Gasteiger partial charge in [0, 0.05) is 27.2 Å². The normalized spacial score (nSPS) is 14.7. The summed E-state index contributed by atoms with van der Waals surface area (Å²) in [4.78, 5) is 2.48. The van der Waals surface area contributed by atoms with E-state index in [9.17, 15) is 0 Å². The van der Waals surface area contributed by atoms with E-state index in [2.05, 4.69) is 240 Å². The van der Waals surface area contributed by atoms with E-state index in [1.54, 1.807) is 0 Å². The van der Waals surface area contributed by atoms with Crippen LogP contribution in [0.2, 0.25) is 0 Å². The van der Waals surface area contributed by atoms with E-state index >= 15 is 0 Å². The lowest BCUT2D eigenvalue weighted by Crippen LogP contribution is -2.33. The molecule has 1 aliphatic carbocycles. The SMILES string of the molecule is c1cc(-c2ccc3c(c2)-c2ccccc2C32c3ccccc3-n3c4ccccc4c4cccc2c43)cc(N(c2cccc3ccccc23)c2cc3ccccc3c3ccccc23)c1. The molecular formula is C61H38N2. The van der Waals surface area contributed by atoms with Crippen molar-refractivity contribution in [2.24, 2.45) is 0 Å². The van der Waals surface area contributed by atoms with Crippen LogP contribution < -0.4 is 4.90 Å². The molecule has 14 rings (SSSR count). The highest BCUT2D eigenvalue weighted by Gasteiger charge is 2.50. The molecule has 1 spiro atoms. The molecule has 0 saturated heterocycles. The van der Waals surface area contributed by atoms with E-state index in [0.717, 1.165) is 17.1 Å². The van der Waals surface area contributed by atoms with Crippen molar-refractivity contribution >= 4 is 71.2 Å². The van der Waals surface area contributed by atoms with Gasteiger partial charge in [0.1, 0.15) is 0 Å². The van der Waals surface area contributed by atoms with Crippen molar-refractivity contribution in [1.82, 2.24) is 4.57 Å². The maximum absolute atomic E-state index is 2.52. The summed E-state index contributed by atoms with van der Waals surface area (Å²) in [5.74, 6) is 0. The van der Waals surface area contributed by atoms with Gasteiger partial charge in [0.05, 0.1) is 33.5 Å². The first-order valence-corrected chi connectivity index (χ1v) is 21.9. The Kier molecular flexibility index (Phi) is 7.07. The van der Waals surface area contributed by atoms with Gasteiger partial charge in [0.2, 0.25) is 0 Å². The molecule has 0 bridgehead atoms. The van der Waals surface area contributed by atoms with Gasteiger partial charge in [-0.1, -0.05) is 188 Å². The fourth-order valence-corrected chi connectivity index (χ4v) is 11.6. The first-order chi connectivity index (χ1) is 31.3. The Balaban J connectivity index is 1.00. The summed E-state index contributed by atoms with van der Waals surface area (Å²) in [6.07, 6.45) is 0. The number of para-hydroxylation sites is 3. The molecule has 0 fully saturated rings. The lowest BCUT2D eigenvalue weighted by Gasteiger charge is -2.39. The smallest absolute Gasteiger partial charge is 0.0754 e. The van der Waals surface area contributed by atoms with Gasteiger partial charge in [0.15, 0.2) is 0 Å².